The van der Waals surface area contributed by atoms with Crippen LogP contribution >= 0.6 is 11.6 Å². The second-order valence-electron chi connectivity index (χ2n) is 5.83. The molecule has 25 heavy (non-hydrogen) atoms. The zero-order valence-electron chi connectivity index (χ0n) is 13.7. The summed E-state index contributed by atoms with van der Waals surface area (Å²) in [6.07, 6.45) is 1.57. The highest BCUT2D eigenvalue weighted by Gasteiger charge is 2.08. The standard InChI is InChI=1S/C20H17ClN2O2/c1-14-2-9-18(10-3-14)22-20(25)16-6-11-19(24)23(13-16)12-15-4-7-17(21)8-5-15/h2-11,13H,12H2,1H3,(H,22,25). The molecule has 0 bridgehead atoms. The molecule has 1 amide bonds. The molecule has 0 unspecified atom stereocenters. The van der Waals surface area contributed by atoms with Gasteiger partial charge in [0.25, 0.3) is 11.5 Å². The van der Waals surface area contributed by atoms with E-state index in [0.717, 1.165) is 11.1 Å². The summed E-state index contributed by atoms with van der Waals surface area (Å²) in [6, 6.07) is 17.7. The third-order valence-corrected chi connectivity index (χ3v) is 4.07. The molecule has 0 aliphatic heterocycles. The van der Waals surface area contributed by atoms with Crippen molar-refractivity contribution in [1.82, 2.24) is 4.57 Å². The normalized spacial score (nSPS) is 10.5. The van der Waals surface area contributed by atoms with Crippen molar-refractivity contribution >= 4 is 23.2 Å². The van der Waals surface area contributed by atoms with Gasteiger partial charge in [-0.25, -0.2) is 0 Å². The molecule has 0 aliphatic carbocycles. The highest BCUT2D eigenvalue weighted by atomic mass is 35.5. The number of rotatable bonds is 4. The summed E-state index contributed by atoms with van der Waals surface area (Å²) in [5.41, 5.74) is 3.03. The van der Waals surface area contributed by atoms with Crippen molar-refractivity contribution in [3.8, 4) is 0 Å². The van der Waals surface area contributed by atoms with Crippen molar-refractivity contribution < 1.29 is 4.79 Å². The highest BCUT2D eigenvalue weighted by molar-refractivity contribution is 6.30. The van der Waals surface area contributed by atoms with Crippen LogP contribution < -0.4 is 10.9 Å². The van der Waals surface area contributed by atoms with Crippen molar-refractivity contribution in [1.29, 1.82) is 0 Å². The molecule has 1 N–H and O–H groups in total. The van der Waals surface area contributed by atoms with Crippen LogP contribution in [0.1, 0.15) is 21.5 Å². The molecule has 4 nitrogen and oxygen atoms in total. The number of carbonyl (C=O) groups excluding carboxylic acids is 1. The van der Waals surface area contributed by atoms with Gasteiger partial charge in [0.2, 0.25) is 0 Å². The van der Waals surface area contributed by atoms with Gasteiger partial charge in [-0.05, 0) is 42.8 Å². The molecule has 0 saturated carbocycles. The van der Waals surface area contributed by atoms with Gasteiger partial charge in [0.05, 0.1) is 12.1 Å². The Morgan fingerprint density at radius 3 is 2.36 bits per heavy atom. The molecule has 3 rings (SSSR count). The molecule has 0 aliphatic rings. The smallest absolute Gasteiger partial charge is 0.257 e. The molecule has 0 atom stereocenters. The minimum atomic E-state index is -0.256. The molecule has 0 fully saturated rings. The molecule has 1 heterocycles. The Bertz CT molecular complexity index is 945. The predicted molar refractivity (Wildman–Crippen MR) is 100 cm³/mol. The number of aryl methyl sites for hydroxylation is 1. The summed E-state index contributed by atoms with van der Waals surface area (Å²) in [7, 11) is 0. The lowest BCUT2D eigenvalue weighted by Gasteiger charge is -2.09. The lowest BCUT2D eigenvalue weighted by Crippen LogP contribution is -2.22. The van der Waals surface area contributed by atoms with E-state index in [1.807, 2.05) is 43.3 Å². The van der Waals surface area contributed by atoms with Crippen LogP contribution in [0.15, 0.2) is 71.7 Å². The fraction of sp³-hybridized carbons (Fsp3) is 0.100. The van der Waals surface area contributed by atoms with E-state index >= 15 is 0 Å². The monoisotopic (exact) mass is 352 g/mol. The summed E-state index contributed by atoms with van der Waals surface area (Å²) >= 11 is 5.88. The average Bonchev–Trinajstić information content (AvgIpc) is 2.60. The third-order valence-electron chi connectivity index (χ3n) is 3.82. The van der Waals surface area contributed by atoms with Crippen molar-refractivity contribution in [2.75, 3.05) is 5.32 Å². The fourth-order valence-electron chi connectivity index (χ4n) is 2.42. The van der Waals surface area contributed by atoms with E-state index in [0.29, 0.717) is 22.8 Å². The van der Waals surface area contributed by atoms with Crippen LogP contribution in [0.5, 0.6) is 0 Å². The number of aromatic nitrogens is 1. The van der Waals surface area contributed by atoms with Gasteiger partial charge in [0.1, 0.15) is 0 Å². The topological polar surface area (TPSA) is 51.1 Å². The van der Waals surface area contributed by atoms with Gasteiger partial charge >= 0.3 is 0 Å². The first-order valence-corrected chi connectivity index (χ1v) is 8.22. The molecule has 1 aromatic heterocycles. The number of nitrogens with one attached hydrogen (secondary N) is 1. The van der Waals surface area contributed by atoms with Crippen LogP contribution in [-0.2, 0) is 6.54 Å². The summed E-state index contributed by atoms with van der Waals surface area (Å²) in [5.74, 6) is -0.256. The largest absolute Gasteiger partial charge is 0.322 e. The lowest BCUT2D eigenvalue weighted by atomic mass is 10.2. The average molecular weight is 353 g/mol. The van der Waals surface area contributed by atoms with Gasteiger partial charge in [0, 0.05) is 23.0 Å². The van der Waals surface area contributed by atoms with Crippen LogP contribution in [0, 0.1) is 6.92 Å². The van der Waals surface area contributed by atoms with Gasteiger partial charge in [0.15, 0.2) is 0 Å². The van der Waals surface area contributed by atoms with Crippen LogP contribution in [0.2, 0.25) is 5.02 Å². The Morgan fingerprint density at radius 1 is 1.00 bits per heavy atom. The van der Waals surface area contributed by atoms with Gasteiger partial charge in [-0.15, -0.1) is 0 Å². The van der Waals surface area contributed by atoms with Crippen LogP contribution in [0.3, 0.4) is 0 Å². The number of hydrogen-bond acceptors (Lipinski definition) is 2. The van der Waals surface area contributed by atoms with E-state index in [2.05, 4.69) is 5.32 Å². The maximum Gasteiger partial charge on any atom is 0.257 e. The molecule has 126 valence electrons. The number of hydrogen-bond donors (Lipinski definition) is 1. The zero-order valence-corrected chi connectivity index (χ0v) is 14.5. The van der Waals surface area contributed by atoms with Crippen molar-refractivity contribution in [2.45, 2.75) is 13.5 Å². The number of halogens is 1. The van der Waals surface area contributed by atoms with Crippen LogP contribution in [0.4, 0.5) is 5.69 Å². The molecule has 5 heteroatoms. The Labute approximate surface area is 150 Å². The minimum Gasteiger partial charge on any atom is -0.322 e. The lowest BCUT2D eigenvalue weighted by molar-refractivity contribution is 0.102. The van der Waals surface area contributed by atoms with Crippen LogP contribution in [-0.4, -0.2) is 10.5 Å². The Hall–Kier alpha value is -2.85. The Kier molecular flexibility index (Phi) is 5.00. The number of benzene rings is 2. The van der Waals surface area contributed by atoms with Gasteiger partial charge in [-0.2, -0.15) is 0 Å². The molecular formula is C20H17ClN2O2. The summed E-state index contributed by atoms with van der Waals surface area (Å²) in [6.45, 7) is 2.36. The first-order chi connectivity index (χ1) is 12.0. The summed E-state index contributed by atoms with van der Waals surface area (Å²) in [4.78, 5) is 24.5. The zero-order chi connectivity index (χ0) is 17.8. The molecule has 0 radical (unpaired) electrons. The number of amides is 1. The Balaban J connectivity index is 1.80. The van der Waals surface area contributed by atoms with E-state index in [9.17, 15) is 9.59 Å². The second kappa shape index (κ2) is 7.36. The molecule has 3 aromatic rings. The Morgan fingerprint density at radius 2 is 1.68 bits per heavy atom. The third kappa shape index (κ3) is 4.37. The van der Waals surface area contributed by atoms with Crippen molar-refractivity contribution in [2.24, 2.45) is 0 Å². The fourth-order valence-corrected chi connectivity index (χ4v) is 2.54. The number of pyridine rings is 1. The maximum absolute atomic E-state index is 12.4. The molecule has 2 aromatic carbocycles. The maximum atomic E-state index is 12.4. The van der Waals surface area contributed by atoms with E-state index in [1.165, 1.54) is 16.7 Å². The first kappa shape index (κ1) is 17.0. The SMILES string of the molecule is Cc1ccc(NC(=O)c2ccc(=O)n(Cc3ccc(Cl)cc3)c2)cc1. The highest BCUT2D eigenvalue weighted by Crippen LogP contribution is 2.12. The molecule has 0 spiro atoms. The van der Waals surface area contributed by atoms with Gasteiger partial charge in [-0.1, -0.05) is 41.4 Å². The van der Waals surface area contributed by atoms with E-state index in [-0.39, 0.29) is 11.5 Å². The number of nitrogens with zero attached hydrogens (tertiary/aromatic N) is 1. The van der Waals surface area contributed by atoms with Crippen molar-refractivity contribution in [3.63, 3.8) is 0 Å². The first-order valence-electron chi connectivity index (χ1n) is 7.84. The minimum absolute atomic E-state index is 0.165. The van der Waals surface area contributed by atoms with Crippen LogP contribution in [0.25, 0.3) is 0 Å². The second-order valence-corrected chi connectivity index (χ2v) is 6.27. The van der Waals surface area contributed by atoms with Gasteiger partial charge < -0.3 is 9.88 Å². The number of anilines is 1. The van der Waals surface area contributed by atoms with Crippen molar-refractivity contribution in [3.05, 3.63) is 98.9 Å². The van der Waals surface area contributed by atoms with Gasteiger partial charge in [-0.3, -0.25) is 9.59 Å². The summed E-state index contributed by atoms with van der Waals surface area (Å²) in [5, 5.41) is 3.47. The molecule has 0 saturated heterocycles. The quantitative estimate of drug-likeness (QED) is 0.768. The van der Waals surface area contributed by atoms with E-state index in [4.69, 9.17) is 11.6 Å². The summed E-state index contributed by atoms with van der Waals surface area (Å²) < 4.78 is 1.51. The van der Waals surface area contributed by atoms with E-state index in [1.54, 1.807) is 18.3 Å². The molecular weight excluding hydrogens is 336 g/mol. The predicted octanol–water partition coefficient (Wildman–Crippen LogP) is 4.11. The van der Waals surface area contributed by atoms with E-state index < -0.39 is 0 Å². The number of carbonyl (C=O) groups is 1.